The van der Waals surface area contributed by atoms with Gasteiger partial charge in [0.15, 0.2) is 0 Å². The average Bonchev–Trinajstić information content (AvgIpc) is 2.18. The van der Waals surface area contributed by atoms with Crippen LogP contribution in [-0.4, -0.2) is 35.8 Å². The van der Waals surface area contributed by atoms with E-state index in [1.807, 2.05) is 6.07 Å². The molecule has 0 bridgehead atoms. The maximum absolute atomic E-state index is 5.45. The predicted octanol–water partition coefficient (Wildman–Crippen LogP) is 1.46. The molecule has 4 nitrogen and oxygen atoms in total. The van der Waals surface area contributed by atoms with Crippen LogP contribution in [0.25, 0.3) is 0 Å². The van der Waals surface area contributed by atoms with E-state index >= 15 is 0 Å². The lowest BCUT2D eigenvalue weighted by molar-refractivity contribution is 0.0526. The molecule has 0 aliphatic carbocycles. The maximum atomic E-state index is 5.45. The highest BCUT2D eigenvalue weighted by Crippen LogP contribution is 2.14. The van der Waals surface area contributed by atoms with E-state index in [0.29, 0.717) is 0 Å². The van der Waals surface area contributed by atoms with Crippen LogP contribution in [0.2, 0.25) is 0 Å². The smallest absolute Gasteiger partial charge is 0.226 e. The van der Waals surface area contributed by atoms with Crippen LogP contribution in [-0.2, 0) is 4.74 Å². The second kappa shape index (κ2) is 4.23. The minimum Gasteiger partial charge on any atom is -0.375 e. The second-order valence-corrected chi connectivity index (χ2v) is 4.12. The zero-order valence-corrected chi connectivity index (χ0v) is 9.57. The number of hydrogen-bond donors (Lipinski definition) is 0. The SMILES string of the molecule is CC1CN(c2nccc(Br)n2)CCO1. The van der Waals surface area contributed by atoms with Crippen LogP contribution in [0.1, 0.15) is 6.92 Å². The van der Waals surface area contributed by atoms with E-state index in [1.54, 1.807) is 6.20 Å². The monoisotopic (exact) mass is 257 g/mol. The van der Waals surface area contributed by atoms with Crippen LogP contribution >= 0.6 is 15.9 Å². The average molecular weight is 258 g/mol. The molecule has 0 amide bonds. The molecule has 0 aromatic carbocycles. The standard InChI is InChI=1S/C9H12BrN3O/c1-7-6-13(4-5-14-7)9-11-3-2-8(10)12-9/h2-3,7H,4-6H2,1H3. The van der Waals surface area contributed by atoms with Gasteiger partial charge in [-0.3, -0.25) is 0 Å². The third-order valence-corrected chi connectivity index (χ3v) is 2.57. The molecule has 0 spiro atoms. The zero-order chi connectivity index (χ0) is 9.97. The van der Waals surface area contributed by atoms with E-state index < -0.39 is 0 Å². The number of morpholine rings is 1. The molecule has 1 aliphatic heterocycles. The molecule has 1 atom stereocenters. The molecule has 1 unspecified atom stereocenters. The number of hydrogen-bond acceptors (Lipinski definition) is 4. The third kappa shape index (κ3) is 2.22. The summed E-state index contributed by atoms with van der Waals surface area (Å²) in [5, 5.41) is 0. The molecule has 0 N–H and O–H groups in total. The Kier molecular flexibility index (Phi) is 2.98. The lowest BCUT2D eigenvalue weighted by Crippen LogP contribution is -2.41. The summed E-state index contributed by atoms with van der Waals surface area (Å²) >= 11 is 3.33. The van der Waals surface area contributed by atoms with Crippen LogP contribution in [0.5, 0.6) is 0 Å². The Morgan fingerprint density at radius 1 is 1.64 bits per heavy atom. The van der Waals surface area contributed by atoms with Crippen molar-refractivity contribution in [2.45, 2.75) is 13.0 Å². The van der Waals surface area contributed by atoms with Crippen molar-refractivity contribution in [2.75, 3.05) is 24.6 Å². The van der Waals surface area contributed by atoms with Crippen LogP contribution in [0, 0.1) is 0 Å². The number of halogens is 1. The van der Waals surface area contributed by atoms with Crippen LogP contribution in [0.3, 0.4) is 0 Å². The van der Waals surface area contributed by atoms with Gasteiger partial charge in [0.05, 0.1) is 12.7 Å². The normalized spacial score (nSPS) is 22.4. The molecule has 0 saturated carbocycles. The van der Waals surface area contributed by atoms with E-state index in [4.69, 9.17) is 4.74 Å². The Hall–Kier alpha value is -0.680. The quantitative estimate of drug-likeness (QED) is 0.715. The fourth-order valence-corrected chi connectivity index (χ4v) is 1.76. The van der Waals surface area contributed by atoms with Gasteiger partial charge in [-0.2, -0.15) is 0 Å². The van der Waals surface area contributed by atoms with Crippen molar-refractivity contribution in [2.24, 2.45) is 0 Å². The van der Waals surface area contributed by atoms with E-state index in [2.05, 4.69) is 37.7 Å². The van der Waals surface area contributed by atoms with Gasteiger partial charge in [0.2, 0.25) is 5.95 Å². The first-order valence-electron chi connectivity index (χ1n) is 4.61. The summed E-state index contributed by atoms with van der Waals surface area (Å²) in [5.74, 6) is 0.773. The molecule has 1 aromatic rings. The molecule has 0 radical (unpaired) electrons. The topological polar surface area (TPSA) is 38.2 Å². The highest BCUT2D eigenvalue weighted by molar-refractivity contribution is 9.10. The zero-order valence-electron chi connectivity index (χ0n) is 7.98. The van der Waals surface area contributed by atoms with Crippen LogP contribution in [0.4, 0.5) is 5.95 Å². The summed E-state index contributed by atoms with van der Waals surface area (Å²) in [4.78, 5) is 10.7. The maximum Gasteiger partial charge on any atom is 0.226 e. The van der Waals surface area contributed by atoms with Crippen molar-refractivity contribution in [1.29, 1.82) is 0 Å². The molecular weight excluding hydrogens is 246 g/mol. The Bertz CT molecular complexity index is 321. The van der Waals surface area contributed by atoms with Crippen molar-refractivity contribution in [3.05, 3.63) is 16.9 Å². The number of anilines is 1. The van der Waals surface area contributed by atoms with Gasteiger partial charge in [-0.25, -0.2) is 9.97 Å². The molecular formula is C9H12BrN3O. The fraction of sp³-hybridized carbons (Fsp3) is 0.556. The van der Waals surface area contributed by atoms with Crippen molar-refractivity contribution >= 4 is 21.9 Å². The first-order valence-corrected chi connectivity index (χ1v) is 5.40. The highest BCUT2D eigenvalue weighted by atomic mass is 79.9. The Morgan fingerprint density at radius 3 is 3.21 bits per heavy atom. The molecule has 1 saturated heterocycles. The summed E-state index contributed by atoms with van der Waals surface area (Å²) < 4.78 is 6.27. The van der Waals surface area contributed by atoms with Gasteiger partial charge in [0.1, 0.15) is 4.60 Å². The highest BCUT2D eigenvalue weighted by Gasteiger charge is 2.18. The molecule has 14 heavy (non-hydrogen) atoms. The van der Waals surface area contributed by atoms with E-state index in [1.165, 1.54) is 0 Å². The Labute approximate surface area is 91.4 Å². The number of nitrogens with zero attached hydrogens (tertiary/aromatic N) is 3. The molecule has 1 aromatic heterocycles. The summed E-state index contributed by atoms with van der Waals surface area (Å²) in [5.41, 5.74) is 0. The summed E-state index contributed by atoms with van der Waals surface area (Å²) in [6.07, 6.45) is 2.01. The van der Waals surface area contributed by atoms with Gasteiger partial charge in [-0.05, 0) is 28.9 Å². The lowest BCUT2D eigenvalue weighted by atomic mass is 10.3. The minimum absolute atomic E-state index is 0.256. The fourth-order valence-electron chi connectivity index (χ4n) is 1.48. The van der Waals surface area contributed by atoms with Gasteiger partial charge in [0, 0.05) is 19.3 Å². The first-order chi connectivity index (χ1) is 6.75. The summed E-state index contributed by atoms with van der Waals surface area (Å²) in [7, 11) is 0. The van der Waals surface area contributed by atoms with Gasteiger partial charge in [-0.1, -0.05) is 0 Å². The van der Waals surface area contributed by atoms with Gasteiger partial charge < -0.3 is 9.64 Å². The summed E-state index contributed by atoms with van der Waals surface area (Å²) in [6, 6.07) is 1.83. The lowest BCUT2D eigenvalue weighted by Gasteiger charge is -2.30. The third-order valence-electron chi connectivity index (χ3n) is 2.13. The van der Waals surface area contributed by atoms with Crippen molar-refractivity contribution in [3.8, 4) is 0 Å². The molecule has 1 aliphatic rings. The second-order valence-electron chi connectivity index (χ2n) is 3.31. The van der Waals surface area contributed by atoms with Gasteiger partial charge >= 0.3 is 0 Å². The largest absolute Gasteiger partial charge is 0.375 e. The van der Waals surface area contributed by atoms with Crippen LogP contribution in [0.15, 0.2) is 16.9 Å². The van der Waals surface area contributed by atoms with Crippen LogP contribution < -0.4 is 4.90 Å². The van der Waals surface area contributed by atoms with Gasteiger partial charge in [-0.15, -0.1) is 0 Å². The number of rotatable bonds is 1. The van der Waals surface area contributed by atoms with Crippen molar-refractivity contribution < 1.29 is 4.74 Å². The molecule has 2 rings (SSSR count). The predicted molar refractivity (Wildman–Crippen MR) is 57.4 cm³/mol. The Morgan fingerprint density at radius 2 is 2.50 bits per heavy atom. The van der Waals surface area contributed by atoms with Gasteiger partial charge in [0.25, 0.3) is 0 Å². The Balaban J connectivity index is 2.14. The molecule has 5 heteroatoms. The number of aromatic nitrogens is 2. The minimum atomic E-state index is 0.256. The number of ether oxygens (including phenoxy) is 1. The molecule has 1 fully saturated rings. The molecule has 2 heterocycles. The van der Waals surface area contributed by atoms with E-state index in [9.17, 15) is 0 Å². The van der Waals surface area contributed by atoms with Crippen molar-refractivity contribution in [1.82, 2.24) is 9.97 Å². The van der Waals surface area contributed by atoms with E-state index in [0.717, 1.165) is 30.2 Å². The van der Waals surface area contributed by atoms with E-state index in [-0.39, 0.29) is 6.10 Å². The summed E-state index contributed by atoms with van der Waals surface area (Å²) in [6.45, 7) is 4.53. The van der Waals surface area contributed by atoms with Crippen molar-refractivity contribution in [3.63, 3.8) is 0 Å². The molecule has 76 valence electrons. The first kappa shape index (κ1) is 9.86.